The lowest BCUT2D eigenvalue weighted by Crippen LogP contribution is -2.61. The molecule has 4 nitrogen and oxygen atoms in total. The normalized spacial score (nSPS) is 71.2. The van der Waals surface area contributed by atoms with Crippen molar-refractivity contribution in [1.29, 1.82) is 0 Å². The molecule has 7 rings (SSSR count). The lowest BCUT2D eigenvalue weighted by molar-refractivity contribution is -0.317. The molecule has 0 radical (unpaired) electrons. The Hall–Kier alpha value is -0.160. The van der Waals surface area contributed by atoms with E-state index in [2.05, 4.69) is 0 Å². The number of rotatable bonds is 0. The van der Waals surface area contributed by atoms with Crippen LogP contribution >= 0.6 is 0 Å². The maximum atomic E-state index is 10.9. The van der Waals surface area contributed by atoms with Crippen molar-refractivity contribution in [2.75, 3.05) is 0 Å². The molecule has 2 aliphatic heterocycles. The summed E-state index contributed by atoms with van der Waals surface area (Å²) in [6, 6.07) is 0. The van der Waals surface area contributed by atoms with E-state index >= 15 is 0 Å². The zero-order valence-corrected chi connectivity index (χ0v) is 14.0. The van der Waals surface area contributed by atoms with Crippen LogP contribution < -0.4 is 0 Å². The van der Waals surface area contributed by atoms with Crippen LogP contribution in [0.2, 0.25) is 0 Å². The Bertz CT molecular complexity index is 530. The second-order valence-corrected chi connectivity index (χ2v) is 10.1. The van der Waals surface area contributed by atoms with Crippen molar-refractivity contribution in [3.63, 3.8) is 0 Å². The van der Waals surface area contributed by atoms with Crippen LogP contribution in [0.15, 0.2) is 0 Å². The average Bonchev–Trinajstić information content (AvgIpc) is 3.27. The zero-order valence-electron chi connectivity index (χ0n) is 14.0. The number of hydrogen-bond acceptors (Lipinski definition) is 4. The molecule has 132 valence electrons. The fourth-order valence-corrected chi connectivity index (χ4v) is 9.53. The van der Waals surface area contributed by atoms with E-state index in [0.717, 1.165) is 36.5 Å². The first kappa shape index (κ1) is 14.0. The molecule has 24 heavy (non-hydrogen) atoms. The van der Waals surface area contributed by atoms with Crippen molar-refractivity contribution < 1.29 is 19.7 Å². The quantitative estimate of drug-likeness (QED) is 0.712. The van der Waals surface area contributed by atoms with Crippen LogP contribution in [0.5, 0.6) is 0 Å². The van der Waals surface area contributed by atoms with Crippen molar-refractivity contribution in [3.05, 3.63) is 0 Å². The Kier molecular flexibility index (Phi) is 2.55. The molecule has 0 bridgehead atoms. The van der Waals surface area contributed by atoms with Gasteiger partial charge < -0.3 is 19.7 Å². The van der Waals surface area contributed by atoms with Gasteiger partial charge in [-0.25, -0.2) is 0 Å². The van der Waals surface area contributed by atoms with E-state index in [1.165, 1.54) is 25.7 Å². The highest BCUT2D eigenvalue weighted by Crippen LogP contribution is 2.72. The van der Waals surface area contributed by atoms with Crippen LogP contribution in [-0.4, -0.2) is 35.0 Å². The van der Waals surface area contributed by atoms with Gasteiger partial charge in [-0.05, 0) is 85.9 Å². The molecule has 2 heterocycles. The second kappa shape index (κ2) is 4.39. The number of hydrogen-bond donors (Lipinski definition) is 2. The highest BCUT2D eigenvalue weighted by Gasteiger charge is 2.71. The lowest BCUT2D eigenvalue weighted by Gasteiger charge is -2.58. The minimum Gasteiger partial charge on any atom is -0.368 e. The van der Waals surface area contributed by atoms with E-state index in [1.807, 2.05) is 0 Å². The first-order chi connectivity index (χ1) is 11.7. The molecular formula is C20H28O4. The summed E-state index contributed by atoms with van der Waals surface area (Å²) >= 11 is 0. The highest BCUT2D eigenvalue weighted by atomic mass is 16.6. The number of ether oxygens (including phenoxy) is 2. The number of fused-ring (bicyclic) bond motifs is 2. The van der Waals surface area contributed by atoms with Gasteiger partial charge in [0, 0.05) is 11.8 Å². The van der Waals surface area contributed by atoms with Gasteiger partial charge in [0.05, 0.1) is 12.2 Å². The molecule has 7 fully saturated rings. The van der Waals surface area contributed by atoms with Crippen LogP contribution in [0.25, 0.3) is 0 Å². The Morgan fingerprint density at radius 2 is 1.00 bits per heavy atom. The molecule has 2 N–H and O–H groups in total. The zero-order chi connectivity index (χ0) is 15.7. The summed E-state index contributed by atoms with van der Waals surface area (Å²) in [5, 5.41) is 21.8. The summed E-state index contributed by atoms with van der Waals surface area (Å²) in [5.41, 5.74) is 0. The summed E-state index contributed by atoms with van der Waals surface area (Å²) in [4.78, 5) is 0. The SMILES string of the molecule is O[C@@H]1O[C@@H]2CC[C@@H]3C[C@@H]4[C@H]5C[C@H]6CC[C@H]7O[C@H](O)[C@H]([C@@H]5[C@H]67)[C@H]1[C@@H]4[C@@H]32. The minimum absolute atomic E-state index is 0.107. The third kappa shape index (κ3) is 1.42. The van der Waals surface area contributed by atoms with Gasteiger partial charge in [-0.2, -0.15) is 0 Å². The molecular weight excluding hydrogens is 304 g/mol. The summed E-state index contributed by atoms with van der Waals surface area (Å²) in [6.45, 7) is 0. The Morgan fingerprint density at radius 3 is 1.46 bits per heavy atom. The van der Waals surface area contributed by atoms with Gasteiger partial charge >= 0.3 is 0 Å². The second-order valence-electron chi connectivity index (χ2n) is 10.1. The van der Waals surface area contributed by atoms with Crippen LogP contribution in [0, 0.1) is 59.2 Å². The van der Waals surface area contributed by atoms with E-state index in [0.29, 0.717) is 23.7 Å². The van der Waals surface area contributed by atoms with Gasteiger partial charge in [0.2, 0.25) is 0 Å². The summed E-state index contributed by atoms with van der Waals surface area (Å²) in [6.07, 6.45) is 6.78. The first-order valence-electron chi connectivity index (χ1n) is 10.4. The molecule has 7 aliphatic rings. The predicted molar refractivity (Wildman–Crippen MR) is 84.4 cm³/mol. The lowest BCUT2D eigenvalue weighted by atomic mass is 9.53. The van der Waals surface area contributed by atoms with Gasteiger partial charge in [0.25, 0.3) is 0 Å². The van der Waals surface area contributed by atoms with E-state index in [-0.39, 0.29) is 24.0 Å². The predicted octanol–water partition coefficient (Wildman–Crippen LogP) is 1.99. The van der Waals surface area contributed by atoms with Crippen LogP contribution in [-0.2, 0) is 9.47 Å². The van der Waals surface area contributed by atoms with Crippen molar-refractivity contribution in [2.45, 2.75) is 63.3 Å². The Balaban J connectivity index is 1.38. The molecule has 0 aromatic heterocycles. The maximum Gasteiger partial charge on any atom is 0.158 e. The van der Waals surface area contributed by atoms with Gasteiger partial charge in [-0.1, -0.05) is 0 Å². The van der Waals surface area contributed by atoms with E-state index in [9.17, 15) is 10.2 Å². The minimum atomic E-state index is -0.684. The monoisotopic (exact) mass is 332 g/mol. The van der Waals surface area contributed by atoms with Crippen molar-refractivity contribution >= 4 is 0 Å². The van der Waals surface area contributed by atoms with E-state index in [1.54, 1.807) is 0 Å². The molecule has 14 atom stereocenters. The van der Waals surface area contributed by atoms with Gasteiger partial charge in [0.15, 0.2) is 12.6 Å². The molecule has 0 aromatic rings. The van der Waals surface area contributed by atoms with Crippen molar-refractivity contribution in [1.82, 2.24) is 0 Å². The van der Waals surface area contributed by atoms with E-state index in [4.69, 9.17) is 9.47 Å². The standard InChI is InChI=1S/C20H28O4/c21-19-17-15-9(5-7-1-3-11(23-19)13(7)15)10-6-8-2-4-12-14(8)16(10)18(17)20(22)24-12/h7-22H,1-6H2/t7-,8-,9-,10-,11-,12-,13-,14+,15+,16+,17-,18-,19+,20-/m1/s1. The Morgan fingerprint density at radius 1 is 0.542 bits per heavy atom. The molecule has 0 unspecified atom stereocenters. The summed E-state index contributed by atoms with van der Waals surface area (Å²) in [7, 11) is 0. The molecule has 0 spiro atoms. The topological polar surface area (TPSA) is 58.9 Å². The molecule has 0 amide bonds. The molecule has 5 aliphatic carbocycles. The van der Waals surface area contributed by atoms with Gasteiger partial charge in [-0.15, -0.1) is 0 Å². The molecule has 2 saturated heterocycles. The van der Waals surface area contributed by atoms with Gasteiger partial charge in [0.1, 0.15) is 0 Å². The average molecular weight is 332 g/mol. The fraction of sp³-hybridized carbons (Fsp3) is 1.00. The van der Waals surface area contributed by atoms with Crippen molar-refractivity contribution in [2.24, 2.45) is 59.2 Å². The third-order valence-corrected chi connectivity index (χ3v) is 9.79. The van der Waals surface area contributed by atoms with Crippen LogP contribution in [0.4, 0.5) is 0 Å². The highest BCUT2D eigenvalue weighted by molar-refractivity contribution is 5.16. The van der Waals surface area contributed by atoms with Gasteiger partial charge in [-0.3, -0.25) is 0 Å². The first-order valence-corrected chi connectivity index (χ1v) is 10.4. The smallest absolute Gasteiger partial charge is 0.158 e. The maximum absolute atomic E-state index is 10.9. The number of aliphatic hydroxyl groups is 2. The largest absolute Gasteiger partial charge is 0.368 e. The van der Waals surface area contributed by atoms with Crippen molar-refractivity contribution in [3.8, 4) is 0 Å². The number of aliphatic hydroxyl groups excluding tert-OH is 2. The Labute approximate surface area is 142 Å². The van der Waals surface area contributed by atoms with E-state index < -0.39 is 12.6 Å². The third-order valence-electron chi connectivity index (χ3n) is 9.79. The fourth-order valence-electron chi connectivity index (χ4n) is 9.53. The molecule has 5 saturated carbocycles. The van der Waals surface area contributed by atoms with Crippen LogP contribution in [0.1, 0.15) is 38.5 Å². The van der Waals surface area contributed by atoms with Crippen LogP contribution in [0.3, 0.4) is 0 Å². The summed E-state index contributed by atoms with van der Waals surface area (Å²) in [5.74, 6) is 5.85. The summed E-state index contributed by atoms with van der Waals surface area (Å²) < 4.78 is 12.2. The molecule has 4 heteroatoms. The molecule has 0 aromatic carbocycles.